The molecule has 150 valence electrons. The summed E-state index contributed by atoms with van der Waals surface area (Å²) < 4.78 is 5.30. The highest BCUT2D eigenvalue weighted by Gasteiger charge is 2.38. The van der Waals surface area contributed by atoms with Crippen LogP contribution in [0.3, 0.4) is 0 Å². The Kier molecular flexibility index (Phi) is 6.72. The van der Waals surface area contributed by atoms with Crippen molar-refractivity contribution < 1.29 is 14.3 Å². The van der Waals surface area contributed by atoms with E-state index in [1.165, 1.54) is 11.8 Å². The van der Waals surface area contributed by atoms with Crippen molar-refractivity contribution in [2.45, 2.75) is 18.6 Å². The maximum Gasteiger partial charge on any atom is 0.242 e. The summed E-state index contributed by atoms with van der Waals surface area (Å²) in [7, 11) is 1.55. The van der Waals surface area contributed by atoms with Crippen molar-refractivity contribution in [3.8, 4) is 5.75 Å². The molecule has 6 nitrogen and oxygen atoms in total. The molecule has 1 aliphatic rings. The van der Waals surface area contributed by atoms with Gasteiger partial charge in [-0.15, -0.1) is 6.58 Å². The van der Waals surface area contributed by atoms with Crippen LogP contribution in [0.15, 0.2) is 66.2 Å². The van der Waals surface area contributed by atoms with Gasteiger partial charge in [0.05, 0.1) is 18.5 Å². The zero-order valence-electron chi connectivity index (χ0n) is 16.4. The van der Waals surface area contributed by atoms with Gasteiger partial charge in [-0.2, -0.15) is 0 Å². The van der Waals surface area contributed by atoms with Crippen LogP contribution >= 0.6 is 11.8 Å². The van der Waals surface area contributed by atoms with E-state index >= 15 is 0 Å². The molecule has 1 saturated heterocycles. The quantitative estimate of drug-likeness (QED) is 0.698. The van der Waals surface area contributed by atoms with Crippen molar-refractivity contribution in [2.75, 3.05) is 19.0 Å². The van der Waals surface area contributed by atoms with Gasteiger partial charge in [0.2, 0.25) is 11.8 Å². The van der Waals surface area contributed by atoms with E-state index in [1.54, 1.807) is 24.2 Å². The lowest BCUT2D eigenvalue weighted by Crippen LogP contribution is -2.33. The number of benzene rings is 2. The highest BCUT2D eigenvalue weighted by atomic mass is 32.2. The van der Waals surface area contributed by atoms with Crippen LogP contribution in [0.5, 0.6) is 5.75 Å². The van der Waals surface area contributed by atoms with E-state index in [0.717, 1.165) is 11.3 Å². The molecule has 0 aromatic heterocycles. The van der Waals surface area contributed by atoms with Gasteiger partial charge in [-0.1, -0.05) is 42.1 Å². The molecule has 0 aliphatic carbocycles. The highest BCUT2D eigenvalue weighted by molar-refractivity contribution is 8.15. The molecule has 2 amide bonds. The van der Waals surface area contributed by atoms with Gasteiger partial charge in [0.15, 0.2) is 5.17 Å². The molecule has 29 heavy (non-hydrogen) atoms. The molecular weight excluding hydrogens is 386 g/mol. The number of nitrogens with one attached hydrogen (secondary N) is 1. The molecule has 0 saturated carbocycles. The van der Waals surface area contributed by atoms with E-state index in [-0.39, 0.29) is 18.2 Å². The number of thioether (sulfide) groups is 1. The van der Waals surface area contributed by atoms with Crippen LogP contribution in [-0.4, -0.2) is 40.8 Å². The molecule has 1 N–H and O–H groups in total. The summed E-state index contributed by atoms with van der Waals surface area (Å²) in [4.78, 5) is 31.6. The van der Waals surface area contributed by atoms with Crippen molar-refractivity contribution in [1.82, 2.24) is 4.90 Å². The standard InChI is InChI=1S/C22H23N3O3S/c1-4-12-25-21(27)19(29-22(25)23-16-8-6-5-7-9-16)14-20(26)24-17-13-15(2)10-11-18(17)28-3/h4-11,13,19H,1,12,14H2,2-3H3,(H,24,26)/t19-/m1/s1. The number of ether oxygens (including phenoxy) is 1. The van der Waals surface area contributed by atoms with Crippen LogP contribution in [-0.2, 0) is 9.59 Å². The molecule has 2 aromatic carbocycles. The van der Waals surface area contributed by atoms with Crippen molar-refractivity contribution in [3.05, 3.63) is 66.7 Å². The highest BCUT2D eigenvalue weighted by Crippen LogP contribution is 2.32. The van der Waals surface area contributed by atoms with Crippen LogP contribution < -0.4 is 10.1 Å². The Morgan fingerprint density at radius 3 is 2.76 bits per heavy atom. The lowest BCUT2D eigenvalue weighted by Gasteiger charge is -2.14. The molecule has 1 atom stereocenters. The number of aliphatic imine (C=N–C) groups is 1. The normalized spacial score (nSPS) is 17.4. The van der Waals surface area contributed by atoms with Gasteiger partial charge in [-0.05, 0) is 36.8 Å². The van der Waals surface area contributed by atoms with Crippen molar-refractivity contribution in [2.24, 2.45) is 4.99 Å². The summed E-state index contributed by atoms with van der Waals surface area (Å²) in [5, 5.41) is 2.89. The van der Waals surface area contributed by atoms with E-state index in [4.69, 9.17) is 4.74 Å². The first-order valence-electron chi connectivity index (χ1n) is 9.19. The molecule has 2 aromatic rings. The number of rotatable bonds is 7. The second-order valence-corrected chi connectivity index (χ2v) is 7.70. The fourth-order valence-corrected chi connectivity index (χ4v) is 4.09. The van der Waals surface area contributed by atoms with Crippen LogP contribution in [0.1, 0.15) is 12.0 Å². The number of amides is 2. The van der Waals surface area contributed by atoms with E-state index in [1.807, 2.05) is 49.4 Å². The molecule has 3 rings (SSSR count). The Hall–Kier alpha value is -3.06. The third-order valence-corrected chi connectivity index (χ3v) is 5.49. The van der Waals surface area contributed by atoms with Gasteiger partial charge in [0.25, 0.3) is 0 Å². The maximum atomic E-state index is 12.8. The number of hydrogen-bond donors (Lipinski definition) is 1. The number of carbonyl (C=O) groups is 2. The number of nitrogens with zero attached hydrogens (tertiary/aromatic N) is 2. The van der Waals surface area contributed by atoms with Gasteiger partial charge in [-0.25, -0.2) is 4.99 Å². The number of hydrogen-bond acceptors (Lipinski definition) is 5. The third kappa shape index (κ3) is 5.06. The van der Waals surface area contributed by atoms with Crippen LogP contribution in [0.2, 0.25) is 0 Å². The number of carbonyl (C=O) groups excluding carboxylic acids is 2. The molecule has 0 unspecified atom stereocenters. The number of aryl methyl sites for hydroxylation is 1. The summed E-state index contributed by atoms with van der Waals surface area (Å²) in [6, 6.07) is 15.0. The topological polar surface area (TPSA) is 71.0 Å². The second kappa shape index (κ2) is 9.43. The fourth-order valence-electron chi connectivity index (χ4n) is 2.92. The number of methoxy groups -OCH3 is 1. The molecule has 7 heteroatoms. The molecule has 1 heterocycles. The average Bonchev–Trinajstić information content (AvgIpc) is 2.98. The smallest absolute Gasteiger partial charge is 0.242 e. The fraction of sp³-hybridized carbons (Fsp3) is 0.227. The monoisotopic (exact) mass is 409 g/mol. The lowest BCUT2D eigenvalue weighted by atomic mass is 10.2. The van der Waals surface area contributed by atoms with E-state index in [2.05, 4.69) is 16.9 Å². The summed E-state index contributed by atoms with van der Waals surface area (Å²) in [6.07, 6.45) is 1.70. The Morgan fingerprint density at radius 2 is 2.07 bits per heavy atom. The van der Waals surface area contributed by atoms with Crippen LogP contribution in [0, 0.1) is 6.92 Å². The van der Waals surface area contributed by atoms with Crippen molar-refractivity contribution in [3.63, 3.8) is 0 Å². The van der Waals surface area contributed by atoms with Gasteiger partial charge in [-0.3, -0.25) is 14.5 Å². The van der Waals surface area contributed by atoms with Crippen molar-refractivity contribution in [1.29, 1.82) is 0 Å². The minimum Gasteiger partial charge on any atom is -0.495 e. The van der Waals surface area contributed by atoms with Gasteiger partial charge in [0, 0.05) is 13.0 Å². The first kappa shape index (κ1) is 20.7. The molecular formula is C22H23N3O3S. The molecule has 1 fully saturated rings. The average molecular weight is 410 g/mol. The molecule has 0 spiro atoms. The second-order valence-electron chi connectivity index (χ2n) is 6.53. The minimum absolute atomic E-state index is 0.0437. The third-order valence-electron chi connectivity index (χ3n) is 4.31. The number of amidine groups is 1. The Morgan fingerprint density at radius 1 is 1.31 bits per heavy atom. The zero-order valence-corrected chi connectivity index (χ0v) is 17.2. The summed E-state index contributed by atoms with van der Waals surface area (Å²) in [5.74, 6) is 0.184. The van der Waals surface area contributed by atoms with Crippen molar-refractivity contribution >= 4 is 40.1 Å². The predicted molar refractivity (Wildman–Crippen MR) is 118 cm³/mol. The predicted octanol–water partition coefficient (Wildman–Crippen LogP) is 4.15. The number of para-hydroxylation sites is 1. The molecule has 0 radical (unpaired) electrons. The molecule has 0 bridgehead atoms. The van der Waals surface area contributed by atoms with E-state index in [9.17, 15) is 9.59 Å². The van der Waals surface area contributed by atoms with E-state index in [0.29, 0.717) is 23.1 Å². The molecule has 1 aliphatic heterocycles. The summed E-state index contributed by atoms with van der Waals surface area (Å²) in [6.45, 7) is 6.00. The van der Waals surface area contributed by atoms with Gasteiger partial charge in [0.1, 0.15) is 11.0 Å². The van der Waals surface area contributed by atoms with Crippen LogP contribution in [0.25, 0.3) is 0 Å². The lowest BCUT2D eigenvalue weighted by molar-refractivity contribution is -0.127. The summed E-state index contributed by atoms with van der Waals surface area (Å²) >= 11 is 1.30. The van der Waals surface area contributed by atoms with Gasteiger partial charge >= 0.3 is 0 Å². The SMILES string of the molecule is C=CCN1C(=O)[C@@H](CC(=O)Nc2cc(C)ccc2OC)SC1=Nc1ccccc1. The zero-order chi connectivity index (χ0) is 20.8. The van der Waals surface area contributed by atoms with Crippen LogP contribution in [0.4, 0.5) is 11.4 Å². The minimum atomic E-state index is -0.534. The van der Waals surface area contributed by atoms with Gasteiger partial charge < -0.3 is 10.1 Å². The maximum absolute atomic E-state index is 12.8. The van der Waals surface area contributed by atoms with E-state index < -0.39 is 5.25 Å². The largest absolute Gasteiger partial charge is 0.495 e. The number of anilines is 1. The summed E-state index contributed by atoms with van der Waals surface area (Å²) in [5.41, 5.74) is 2.35. The first-order chi connectivity index (χ1) is 14.0. The Balaban J connectivity index is 1.74. The first-order valence-corrected chi connectivity index (χ1v) is 10.1. The Bertz CT molecular complexity index is 944. The Labute approximate surface area is 174 Å².